The zero-order valence-corrected chi connectivity index (χ0v) is 23.3. The van der Waals surface area contributed by atoms with Crippen molar-refractivity contribution in [2.45, 2.75) is 65.2 Å². The van der Waals surface area contributed by atoms with Gasteiger partial charge in [0.1, 0.15) is 11.6 Å². The van der Waals surface area contributed by atoms with Gasteiger partial charge in [0.25, 0.3) is 0 Å². The van der Waals surface area contributed by atoms with E-state index in [2.05, 4.69) is 18.8 Å². The van der Waals surface area contributed by atoms with Gasteiger partial charge in [-0.15, -0.1) is 0 Å². The summed E-state index contributed by atoms with van der Waals surface area (Å²) >= 11 is 0. The minimum absolute atomic E-state index is 0.0547. The van der Waals surface area contributed by atoms with Gasteiger partial charge in [0.2, 0.25) is 0 Å². The van der Waals surface area contributed by atoms with Crippen molar-refractivity contribution in [3.63, 3.8) is 0 Å². The highest BCUT2D eigenvalue weighted by Crippen LogP contribution is 2.27. The molecule has 0 radical (unpaired) electrons. The lowest BCUT2D eigenvalue weighted by atomic mass is 9.98. The summed E-state index contributed by atoms with van der Waals surface area (Å²) < 4.78 is 20.2. The van der Waals surface area contributed by atoms with Gasteiger partial charge in [0.05, 0.1) is 12.2 Å². The Morgan fingerprint density at radius 2 is 1.70 bits per heavy atom. The quantitative estimate of drug-likeness (QED) is 0.118. The number of hydrogen-bond acceptors (Lipinski definition) is 3. The van der Waals surface area contributed by atoms with Crippen molar-refractivity contribution in [3.8, 4) is 5.75 Å². The fourth-order valence-electron chi connectivity index (χ4n) is 5.06. The van der Waals surface area contributed by atoms with Gasteiger partial charge in [-0.1, -0.05) is 44.2 Å². The molecule has 2 N–H and O–H groups in total. The third-order valence-corrected chi connectivity index (χ3v) is 7.07. The van der Waals surface area contributed by atoms with Crippen molar-refractivity contribution in [1.82, 2.24) is 4.98 Å². The number of rotatable bonds is 15. The standard InChI is InChI=1S/C34H38FNO4/c1-23(2)21-26-15-14-24(22-29(26)35)9-4-3-7-20-40-27-18-16-25(17-19-27)34(39)33-28-10-5-6-11-30(28)36-31(33)12-8-13-32(37)38/h5-6,10-11,14-19,22-23,36H,3-4,7-9,12-13,20-21H2,1-2H3,(H,37,38). The van der Waals surface area contributed by atoms with Crippen LogP contribution in [0.1, 0.15) is 78.7 Å². The van der Waals surface area contributed by atoms with Crippen molar-refractivity contribution in [1.29, 1.82) is 0 Å². The van der Waals surface area contributed by atoms with Crippen LogP contribution in [0, 0.1) is 11.7 Å². The molecule has 0 aliphatic rings. The Kier molecular flexibility index (Phi) is 10.1. The lowest BCUT2D eigenvalue weighted by Crippen LogP contribution is -2.06. The number of carboxylic acids is 1. The van der Waals surface area contributed by atoms with Crippen LogP contribution in [0.15, 0.2) is 66.7 Å². The highest BCUT2D eigenvalue weighted by atomic mass is 19.1. The summed E-state index contributed by atoms with van der Waals surface area (Å²) in [5.74, 6) is 0.103. The molecule has 6 heteroatoms. The van der Waals surface area contributed by atoms with Crippen molar-refractivity contribution in [2.24, 2.45) is 5.92 Å². The first-order valence-electron chi connectivity index (χ1n) is 14.2. The third kappa shape index (κ3) is 7.81. The fourth-order valence-corrected chi connectivity index (χ4v) is 5.06. The largest absolute Gasteiger partial charge is 0.494 e. The van der Waals surface area contributed by atoms with Crippen molar-refractivity contribution in [3.05, 3.63) is 100 Å². The second-order valence-electron chi connectivity index (χ2n) is 10.8. The smallest absolute Gasteiger partial charge is 0.303 e. The zero-order valence-electron chi connectivity index (χ0n) is 23.3. The summed E-state index contributed by atoms with van der Waals surface area (Å²) in [6.45, 7) is 4.77. The number of fused-ring (bicyclic) bond motifs is 1. The van der Waals surface area contributed by atoms with Gasteiger partial charge in [-0.2, -0.15) is 0 Å². The minimum atomic E-state index is -0.846. The highest BCUT2D eigenvalue weighted by molar-refractivity contribution is 6.17. The molecule has 0 fully saturated rings. The third-order valence-electron chi connectivity index (χ3n) is 7.07. The number of aryl methyl sites for hydroxylation is 2. The number of aliphatic carboxylic acids is 1. The van der Waals surface area contributed by atoms with Crippen molar-refractivity contribution in [2.75, 3.05) is 6.61 Å². The van der Waals surface area contributed by atoms with Gasteiger partial charge in [-0.05, 0) is 98.4 Å². The zero-order chi connectivity index (χ0) is 28.5. The molecule has 1 heterocycles. The van der Waals surface area contributed by atoms with Crippen LogP contribution in [0.5, 0.6) is 5.75 Å². The van der Waals surface area contributed by atoms with E-state index in [4.69, 9.17) is 9.84 Å². The molecule has 0 unspecified atom stereocenters. The molecule has 210 valence electrons. The average molecular weight is 544 g/mol. The molecule has 3 aromatic carbocycles. The van der Waals surface area contributed by atoms with Gasteiger partial charge in [0.15, 0.2) is 5.78 Å². The maximum Gasteiger partial charge on any atom is 0.303 e. The van der Waals surface area contributed by atoms with Crippen LogP contribution in [-0.4, -0.2) is 28.4 Å². The molecular formula is C34H38FNO4. The van der Waals surface area contributed by atoms with Crippen LogP contribution >= 0.6 is 0 Å². The number of carboxylic acid groups (broad SMARTS) is 1. The van der Waals surface area contributed by atoms with E-state index >= 15 is 0 Å². The Labute approximate surface area is 235 Å². The highest BCUT2D eigenvalue weighted by Gasteiger charge is 2.20. The Hall–Kier alpha value is -3.93. The van der Waals surface area contributed by atoms with E-state index in [0.717, 1.165) is 59.8 Å². The first-order chi connectivity index (χ1) is 19.3. The number of para-hydroxylation sites is 1. The van der Waals surface area contributed by atoms with Crippen LogP contribution < -0.4 is 4.74 Å². The second kappa shape index (κ2) is 13.9. The average Bonchev–Trinajstić information content (AvgIpc) is 3.29. The van der Waals surface area contributed by atoms with Crippen molar-refractivity contribution < 1.29 is 23.8 Å². The summed E-state index contributed by atoms with van der Waals surface area (Å²) in [7, 11) is 0. The normalized spacial score (nSPS) is 11.3. The Morgan fingerprint density at radius 1 is 0.925 bits per heavy atom. The maximum absolute atomic E-state index is 14.3. The molecule has 0 saturated carbocycles. The predicted molar refractivity (Wildman–Crippen MR) is 157 cm³/mol. The molecule has 0 atom stereocenters. The summed E-state index contributed by atoms with van der Waals surface area (Å²) in [6.07, 6.45) is 5.45. The molecule has 4 aromatic rings. The number of nitrogens with one attached hydrogen (secondary N) is 1. The number of carbonyl (C=O) groups excluding carboxylic acids is 1. The Balaban J connectivity index is 1.27. The van der Waals surface area contributed by atoms with Crippen LogP contribution in [0.3, 0.4) is 0 Å². The van der Waals surface area contributed by atoms with Gasteiger partial charge in [-0.3, -0.25) is 9.59 Å². The maximum atomic E-state index is 14.3. The summed E-state index contributed by atoms with van der Waals surface area (Å²) in [6, 6.07) is 20.4. The number of aromatic amines is 1. The molecule has 1 aromatic heterocycles. The number of H-pyrrole nitrogens is 1. The number of benzene rings is 3. The van der Waals surface area contributed by atoms with Crippen LogP contribution in [0.25, 0.3) is 10.9 Å². The van der Waals surface area contributed by atoms with Gasteiger partial charge in [0, 0.05) is 28.6 Å². The number of hydrogen-bond donors (Lipinski definition) is 2. The first kappa shape index (κ1) is 29.1. The number of ketones is 1. The first-order valence-corrected chi connectivity index (χ1v) is 14.2. The van der Waals surface area contributed by atoms with E-state index in [1.807, 2.05) is 48.5 Å². The molecule has 0 amide bonds. The minimum Gasteiger partial charge on any atom is -0.494 e. The van der Waals surface area contributed by atoms with Gasteiger partial charge in [-0.25, -0.2) is 4.39 Å². The van der Waals surface area contributed by atoms with Crippen LogP contribution in [0.2, 0.25) is 0 Å². The monoisotopic (exact) mass is 543 g/mol. The molecule has 40 heavy (non-hydrogen) atoms. The Bertz CT molecular complexity index is 1440. The molecule has 5 nitrogen and oxygen atoms in total. The molecule has 0 aliphatic carbocycles. The fraction of sp³-hybridized carbons (Fsp3) is 0.353. The number of halogens is 1. The van der Waals surface area contributed by atoms with E-state index < -0.39 is 5.97 Å². The molecule has 0 aliphatic heterocycles. The second-order valence-corrected chi connectivity index (χ2v) is 10.8. The molecule has 4 rings (SSSR count). The molecule has 0 spiro atoms. The van der Waals surface area contributed by atoms with Crippen LogP contribution in [0.4, 0.5) is 4.39 Å². The van der Waals surface area contributed by atoms with E-state index in [1.165, 1.54) is 0 Å². The number of aromatic nitrogens is 1. The van der Waals surface area contributed by atoms with Gasteiger partial charge >= 0.3 is 5.97 Å². The van der Waals surface area contributed by atoms with Crippen LogP contribution in [-0.2, 0) is 24.1 Å². The topological polar surface area (TPSA) is 79.4 Å². The summed E-state index contributed by atoms with van der Waals surface area (Å²) in [5, 5.41) is 9.84. The molecular weight excluding hydrogens is 505 g/mol. The number of unbranched alkanes of at least 4 members (excludes halogenated alkanes) is 2. The van der Waals surface area contributed by atoms with E-state index in [9.17, 15) is 14.0 Å². The lowest BCUT2D eigenvalue weighted by Gasteiger charge is -2.09. The van der Waals surface area contributed by atoms with E-state index in [-0.39, 0.29) is 18.0 Å². The Morgan fingerprint density at radius 3 is 2.42 bits per heavy atom. The lowest BCUT2D eigenvalue weighted by molar-refractivity contribution is -0.137. The summed E-state index contributed by atoms with van der Waals surface area (Å²) in [4.78, 5) is 27.8. The van der Waals surface area contributed by atoms with E-state index in [0.29, 0.717) is 42.2 Å². The van der Waals surface area contributed by atoms with E-state index in [1.54, 1.807) is 18.2 Å². The predicted octanol–water partition coefficient (Wildman–Crippen LogP) is 7.94. The van der Waals surface area contributed by atoms with Crippen molar-refractivity contribution >= 4 is 22.7 Å². The number of carbonyl (C=O) groups is 2. The molecule has 0 bridgehead atoms. The van der Waals surface area contributed by atoms with Gasteiger partial charge < -0.3 is 14.8 Å². The molecule has 0 saturated heterocycles. The number of ether oxygens (including phenoxy) is 1. The summed E-state index contributed by atoms with van der Waals surface area (Å²) in [5.41, 5.74) is 4.61. The SMILES string of the molecule is CC(C)Cc1ccc(CCCCCOc2ccc(C(=O)c3c(CCCC(=O)O)[nH]c4ccccc34)cc2)cc1F.